The van der Waals surface area contributed by atoms with E-state index in [4.69, 9.17) is 15.2 Å². The molecule has 2 aromatic rings. The topological polar surface area (TPSA) is 60.6 Å². The Morgan fingerprint density at radius 1 is 1.30 bits per heavy atom. The van der Waals surface area contributed by atoms with Crippen molar-refractivity contribution in [2.75, 3.05) is 26.5 Å². The Hall–Kier alpha value is -1.50. The molecule has 1 unspecified atom stereocenters. The monoisotopic (exact) mass is 355 g/mol. The highest BCUT2D eigenvalue weighted by Gasteiger charge is 2.27. The van der Waals surface area contributed by atoms with Crippen molar-refractivity contribution in [2.45, 2.75) is 25.4 Å². The Kier molecular flexibility index (Phi) is 6.10. The zero-order valence-electron chi connectivity index (χ0n) is 13.3. The van der Waals surface area contributed by atoms with Crippen LogP contribution in [-0.4, -0.2) is 30.6 Å². The number of anilines is 1. The molecule has 1 aliphatic rings. The van der Waals surface area contributed by atoms with Gasteiger partial charge in [0.2, 0.25) is 0 Å². The lowest BCUT2D eigenvalue weighted by molar-refractivity contribution is 0.249. The molecule has 0 amide bonds. The van der Waals surface area contributed by atoms with E-state index in [1.165, 1.54) is 16.9 Å². The molecule has 0 radical (unpaired) electrons. The van der Waals surface area contributed by atoms with Gasteiger partial charge in [-0.05, 0) is 37.1 Å². The lowest BCUT2D eigenvalue weighted by atomic mass is 10.0. The Balaban J connectivity index is 0.00000192. The van der Waals surface area contributed by atoms with Crippen LogP contribution in [0.25, 0.3) is 0 Å². The van der Waals surface area contributed by atoms with Gasteiger partial charge in [0.25, 0.3) is 0 Å². The van der Waals surface area contributed by atoms with E-state index in [0.29, 0.717) is 11.2 Å². The van der Waals surface area contributed by atoms with Crippen LogP contribution >= 0.6 is 23.7 Å². The number of benzene rings is 1. The molecule has 0 saturated carbocycles. The minimum Gasteiger partial charge on any atom is -0.493 e. The zero-order chi connectivity index (χ0) is 15.5. The van der Waals surface area contributed by atoms with Crippen LogP contribution in [0.15, 0.2) is 24.4 Å². The molecule has 1 fully saturated rings. The fourth-order valence-electron chi connectivity index (χ4n) is 3.05. The van der Waals surface area contributed by atoms with Gasteiger partial charge in [0.15, 0.2) is 16.6 Å². The predicted molar refractivity (Wildman–Crippen MR) is 95.7 cm³/mol. The molecule has 0 bridgehead atoms. The van der Waals surface area contributed by atoms with Crippen LogP contribution < -0.4 is 15.2 Å². The number of hydrogen-bond donors (Lipinski definition) is 1. The number of methoxy groups -OCH3 is 2. The minimum absolute atomic E-state index is 0. The van der Waals surface area contributed by atoms with E-state index in [9.17, 15) is 0 Å². The summed E-state index contributed by atoms with van der Waals surface area (Å²) >= 11 is 1.57. The van der Waals surface area contributed by atoms with Crippen molar-refractivity contribution in [3.8, 4) is 11.5 Å². The summed E-state index contributed by atoms with van der Waals surface area (Å²) in [6, 6.07) is 6.60. The summed E-state index contributed by atoms with van der Waals surface area (Å²) in [5.41, 5.74) is 7.00. The minimum atomic E-state index is 0. The number of nitrogens with zero attached hydrogens (tertiary/aromatic N) is 2. The molecule has 7 heteroatoms. The number of thiazole rings is 1. The molecule has 0 aliphatic carbocycles. The molecule has 5 nitrogen and oxygen atoms in total. The molecular weight excluding hydrogens is 334 g/mol. The second kappa shape index (κ2) is 7.86. The van der Waals surface area contributed by atoms with E-state index >= 15 is 0 Å². The maximum atomic E-state index is 5.73. The summed E-state index contributed by atoms with van der Waals surface area (Å²) in [6.07, 6.45) is 4.24. The first-order chi connectivity index (χ1) is 10.7. The van der Waals surface area contributed by atoms with Gasteiger partial charge in [-0.15, -0.1) is 23.7 Å². The highest BCUT2D eigenvalue weighted by molar-refractivity contribution is 7.15. The van der Waals surface area contributed by atoms with Gasteiger partial charge in [-0.3, -0.25) is 4.90 Å². The molecule has 1 aromatic carbocycles. The zero-order valence-corrected chi connectivity index (χ0v) is 15.0. The molecular formula is C16H22ClN3O2S. The molecule has 2 N–H and O–H groups in total. The molecule has 2 heterocycles. The first-order valence-corrected chi connectivity index (χ1v) is 8.19. The second-order valence-electron chi connectivity index (χ2n) is 5.41. The first-order valence-electron chi connectivity index (χ1n) is 7.37. The third-order valence-electron chi connectivity index (χ3n) is 4.09. The Bertz CT molecular complexity index is 650. The third kappa shape index (κ3) is 3.88. The van der Waals surface area contributed by atoms with Crippen molar-refractivity contribution in [3.05, 3.63) is 34.8 Å². The van der Waals surface area contributed by atoms with E-state index in [1.807, 2.05) is 12.3 Å². The number of halogens is 1. The van der Waals surface area contributed by atoms with Crippen LogP contribution in [0.2, 0.25) is 0 Å². The SMILES string of the molecule is COc1ccc(C2CCCN2Cc2cnc(N)s2)cc1OC.Cl. The summed E-state index contributed by atoms with van der Waals surface area (Å²) in [6.45, 7) is 1.99. The summed E-state index contributed by atoms with van der Waals surface area (Å²) in [5.74, 6) is 1.56. The molecule has 1 aliphatic heterocycles. The average Bonchev–Trinajstić information content (AvgIpc) is 3.16. The van der Waals surface area contributed by atoms with Gasteiger partial charge in [0.05, 0.1) is 14.2 Å². The maximum absolute atomic E-state index is 5.73. The number of ether oxygens (including phenoxy) is 2. The standard InChI is InChI=1S/C16H21N3O2S.ClH/c1-20-14-6-5-11(8-15(14)21-2)13-4-3-7-19(13)10-12-9-18-16(17)22-12;/h5-6,8-9,13H,3-4,7,10H2,1-2H3,(H2,17,18);1H. The summed E-state index contributed by atoms with van der Waals surface area (Å²) in [4.78, 5) is 7.83. The molecule has 0 spiro atoms. The number of hydrogen-bond acceptors (Lipinski definition) is 6. The van der Waals surface area contributed by atoms with Gasteiger partial charge >= 0.3 is 0 Å². The van der Waals surface area contributed by atoms with Crippen molar-refractivity contribution in [2.24, 2.45) is 0 Å². The maximum Gasteiger partial charge on any atom is 0.180 e. The molecule has 1 atom stereocenters. The third-order valence-corrected chi connectivity index (χ3v) is 4.90. The molecule has 23 heavy (non-hydrogen) atoms. The fraction of sp³-hybridized carbons (Fsp3) is 0.438. The van der Waals surface area contributed by atoms with Crippen LogP contribution in [0.4, 0.5) is 5.13 Å². The highest BCUT2D eigenvalue weighted by Crippen LogP contribution is 2.38. The second-order valence-corrected chi connectivity index (χ2v) is 6.55. The van der Waals surface area contributed by atoms with Crippen molar-refractivity contribution in [1.82, 2.24) is 9.88 Å². The number of likely N-dealkylation sites (tertiary alicyclic amines) is 1. The predicted octanol–water partition coefficient (Wildman–Crippen LogP) is 3.50. The van der Waals surface area contributed by atoms with E-state index in [2.05, 4.69) is 22.0 Å². The number of aromatic nitrogens is 1. The van der Waals surface area contributed by atoms with Gasteiger partial charge in [-0.2, -0.15) is 0 Å². The van der Waals surface area contributed by atoms with Crippen molar-refractivity contribution >= 4 is 28.9 Å². The summed E-state index contributed by atoms with van der Waals surface area (Å²) in [5, 5.41) is 0.636. The van der Waals surface area contributed by atoms with Crippen LogP contribution in [0, 0.1) is 0 Å². The summed E-state index contributed by atoms with van der Waals surface area (Å²) in [7, 11) is 3.34. The fourth-order valence-corrected chi connectivity index (χ4v) is 3.76. The lowest BCUT2D eigenvalue weighted by Gasteiger charge is -2.24. The van der Waals surface area contributed by atoms with Crippen molar-refractivity contribution < 1.29 is 9.47 Å². The molecule has 3 rings (SSSR count). The number of nitrogens with two attached hydrogens (primary N) is 1. The van der Waals surface area contributed by atoms with Gasteiger partial charge in [0, 0.05) is 23.7 Å². The van der Waals surface area contributed by atoms with Gasteiger partial charge in [-0.1, -0.05) is 6.07 Å². The largest absolute Gasteiger partial charge is 0.493 e. The molecule has 1 aromatic heterocycles. The first kappa shape index (κ1) is 17.8. The van der Waals surface area contributed by atoms with Crippen LogP contribution in [0.5, 0.6) is 11.5 Å². The number of rotatable bonds is 5. The van der Waals surface area contributed by atoms with E-state index in [0.717, 1.165) is 31.0 Å². The Labute approximate surface area is 146 Å². The number of nitrogen functional groups attached to an aromatic ring is 1. The normalized spacial score (nSPS) is 17.7. The van der Waals surface area contributed by atoms with E-state index in [-0.39, 0.29) is 12.4 Å². The van der Waals surface area contributed by atoms with Gasteiger partial charge in [0.1, 0.15) is 0 Å². The molecule has 126 valence electrons. The van der Waals surface area contributed by atoms with Crippen LogP contribution in [-0.2, 0) is 6.54 Å². The van der Waals surface area contributed by atoms with Crippen LogP contribution in [0.1, 0.15) is 29.3 Å². The molecule has 1 saturated heterocycles. The highest BCUT2D eigenvalue weighted by atomic mass is 35.5. The smallest absolute Gasteiger partial charge is 0.180 e. The van der Waals surface area contributed by atoms with Gasteiger partial charge < -0.3 is 15.2 Å². The Morgan fingerprint density at radius 2 is 2.09 bits per heavy atom. The van der Waals surface area contributed by atoms with Crippen molar-refractivity contribution in [3.63, 3.8) is 0 Å². The summed E-state index contributed by atoms with van der Waals surface area (Å²) < 4.78 is 10.7. The van der Waals surface area contributed by atoms with E-state index < -0.39 is 0 Å². The van der Waals surface area contributed by atoms with Gasteiger partial charge in [-0.25, -0.2) is 4.98 Å². The average molecular weight is 356 g/mol. The quantitative estimate of drug-likeness (QED) is 0.889. The van der Waals surface area contributed by atoms with Crippen LogP contribution in [0.3, 0.4) is 0 Å². The Morgan fingerprint density at radius 3 is 2.74 bits per heavy atom. The lowest BCUT2D eigenvalue weighted by Crippen LogP contribution is -2.22. The van der Waals surface area contributed by atoms with Crippen molar-refractivity contribution in [1.29, 1.82) is 0 Å². The van der Waals surface area contributed by atoms with E-state index in [1.54, 1.807) is 25.6 Å².